The van der Waals surface area contributed by atoms with E-state index in [9.17, 15) is 4.79 Å². The van der Waals surface area contributed by atoms with E-state index in [1.54, 1.807) is 13.2 Å². The molecule has 1 N–H and O–H groups in total. The molecule has 0 unspecified atom stereocenters. The average molecular weight is 455 g/mol. The highest BCUT2D eigenvalue weighted by Crippen LogP contribution is 2.24. The Morgan fingerprint density at radius 3 is 2.47 bits per heavy atom. The molecular formula is C26H26N6O2. The average Bonchev–Trinajstić information content (AvgIpc) is 3.39. The zero-order valence-electron chi connectivity index (χ0n) is 19.2. The summed E-state index contributed by atoms with van der Waals surface area (Å²) in [6.45, 7) is 4.67. The lowest BCUT2D eigenvalue weighted by Crippen LogP contribution is -2.49. The number of nitrogens with one attached hydrogen (secondary N) is 1. The van der Waals surface area contributed by atoms with Gasteiger partial charge in [0, 0.05) is 37.3 Å². The third kappa shape index (κ3) is 4.34. The molecule has 1 fully saturated rings. The third-order valence-electron chi connectivity index (χ3n) is 6.14. The number of hydrogen-bond donors (Lipinski definition) is 1. The largest absolute Gasteiger partial charge is 0.497 e. The second-order valence-corrected chi connectivity index (χ2v) is 8.27. The van der Waals surface area contributed by atoms with Crippen LogP contribution in [-0.4, -0.2) is 64.5 Å². The van der Waals surface area contributed by atoms with Crippen molar-refractivity contribution in [2.45, 2.75) is 6.92 Å². The number of hydrogen-bond acceptors (Lipinski definition) is 6. The molecular weight excluding hydrogens is 428 g/mol. The fraction of sp³-hybridized carbons (Fsp3) is 0.231. The SMILES string of the molecule is COc1cccc(-c2cc(C(=O)N3CCN(c4ccc(-c5ccccc5C)nn4)CC3)[nH]n2)c1. The number of methoxy groups -OCH3 is 1. The van der Waals surface area contributed by atoms with Crippen LogP contribution in [0.25, 0.3) is 22.5 Å². The molecule has 2 aromatic heterocycles. The highest BCUT2D eigenvalue weighted by molar-refractivity contribution is 5.93. The summed E-state index contributed by atoms with van der Waals surface area (Å²) in [6, 6.07) is 21.6. The summed E-state index contributed by atoms with van der Waals surface area (Å²) in [6.07, 6.45) is 0. The molecule has 1 aliphatic heterocycles. The van der Waals surface area contributed by atoms with Crippen LogP contribution < -0.4 is 9.64 Å². The zero-order chi connectivity index (χ0) is 23.5. The van der Waals surface area contributed by atoms with Gasteiger partial charge < -0.3 is 14.5 Å². The van der Waals surface area contributed by atoms with E-state index in [1.807, 2.05) is 53.4 Å². The number of carbonyl (C=O) groups excluding carboxylic acids is 1. The van der Waals surface area contributed by atoms with Crippen molar-refractivity contribution in [3.8, 4) is 28.3 Å². The van der Waals surface area contributed by atoms with E-state index in [-0.39, 0.29) is 5.91 Å². The van der Waals surface area contributed by atoms with Crippen molar-refractivity contribution in [1.29, 1.82) is 0 Å². The lowest BCUT2D eigenvalue weighted by molar-refractivity contribution is 0.0740. The van der Waals surface area contributed by atoms with Gasteiger partial charge in [-0.15, -0.1) is 10.2 Å². The van der Waals surface area contributed by atoms with Gasteiger partial charge in [-0.3, -0.25) is 9.89 Å². The molecule has 4 aromatic rings. The van der Waals surface area contributed by atoms with Gasteiger partial charge in [0.15, 0.2) is 5.82 Å². The standard InChI is InChI=1S/C26H26N6O2/c1-18-6-3-4-9-21(18)22-10-11-25(30-27-22)31-12-14-32(15-13-31)26(33)24-17-23(28-29-24)19-7-5-8-20(16-19)34-2/h3-11,16-17H,12-15H2,1-2H3,(H,28,29). The monoisotopic (exact) mass is 454 g/mol. The highest BCUT2D eigenvalue weighted by Gasteiger charge is 2.24. The van der Waals surface area contributed by atoms with Crippen LogP contribution in [0.2, 0.25) is 0 Å². The van der Waals surface area contributed by atoms with Gasteiger partial charge in [0.2, 0.25) is 0 Å². The normalized spacial score (nSPS) is 13.7. The van der Waals surface area contributed by atoms with E-state index in [0.29, 0.717) is 37.6 Å². The number of aromatic nitrogens is 4. The minimum Gasteiger partial charge on any atom is -0.497 e. The number of anilines is 1. The Morgan fingerprint density at radius 2 is 1.74 bits per heavy atom. The van der Waals surface area contributed by atoms with Gasteiger partial charge in [-0.05, 0) is 42.8 Å². The predicted octanol–water partition coefficient (Wildman–Crippen LogP) is 3.81. The van der Waals surface area contributed by atoms with Crippen molar-refractivity contribution < 1.29 is 9.53 Å². The Balaban J connectivity index is 1.22. The van der Waals surface area contributed by atoms with Gasteiger partial charge in [0.25, 0.3) is 5.91 Å². The Bertz CT molecular complexity index is 1290. The number of amides is 1. The van der Waals surface area contributed by atoms with Gasteiger partial charge in [-0.2, -0.15) is 5.10 Å². The van der Waals surface area contributed by atoms with Crippen LogP contribution in [0.3, 0.4) is 0 Å². The molecule has 0 radical (unpaired) electrons. The van der Waals surface area contributed by atoms with E-state index in [0.717, 1.165) is 28.4 Å². The molecule has 0 atom stereocenters. The van der Waals surface area contributed by atoms with Crippen LogP contribution in [0.15, 0.2) is 66.7 Å². The van der Waals surface area contributed by atoms with Crippen LogP contribution in [0, 0.1) is 6.92 Å². The first-order valence-corrected chi connectivity index (χ1v) is 11.3. The number of aryl methyl sites for hydroxylation is 1. The quantitative estimate of drug-likeness (QED) is 0.493. The molecule has 34 heavy (non-hydrogen) atoms. The van der Waals surface area contributed by atoms with Crippen molar-refractivity contribution in [3.05, 3.63) is 78.0 Å². The first kappa shape index (κ1) is 21.6. The summed E-state index contributed by atoms with van der Waals surface area (Å²) in [7, 11) is 1.63. The van der Waals surface area contributed by atoms with Crippen molar-refractivity contribution in [2.75, 3.05) is 38.2 Å². The maximum absolute atomic E-state index is 13.0. The van der Waals surface area contributed by atoms with Crippen LogP contribution in [0.1, 0.15) is 16.1 Å². The second kappa shape index (κ2) is 9.35. The van der Waals surface area contributed by atoms with Crippen LogP contribution in [-0.2, 0) is 0 Å². The van der Waals surface area contributed by atoms with Crippen molar-refractivity contribution >= 4 is 11.7 Å². The Labute approximate surface area is 198 Å². The first-order chi connectivity index (χ1) is 16.6. The Kier molecular flexibility index (Phi) is 5.95. The maximum Gasteiger partial charge on any atom is 0.272 e. The fourth-order valence-corrected chi connectivity index (χ4v) is 4.17. The van der Waals surface area contributed by atoms with Gasteiger partial charge >= 0.3 is 0 Å². The third-order valence-corrected chi connectivity index (χ3v) is 6.14. The highest BCUT2D eigenvalue weighted by atomic mass is 16.5. The number of H-pyrrole nitrogens is 1. The second-order valence-electron chi connectivity index (χ2n) is 8.27. The van der Waals surface area contributed by atoms with Gasteiger partial charge in [-0.1, -0.05) is 36.4 Å². The van der Waals surface area contributed by atoms with Crippen molar-refractivity contribution in [2.24, 2.45) is 0 Å². The number of piperazine rings is 1. The smallest absolute Gasteiger partial charge is 0.272 e. The fourth-order valence-electron chi connectivity index (χ4n) is 4.17. The summed E-state index contributed by atoms with van der Waals surface area (Å²) in [4.78, 5) is 17.0. The zero-order valence-corrected chi connectivity index (χ0v) is 19.2. The number of aromatic amines is 1. The Morgan fingerprint density at radius 1 is 0.912 bits per heavy atom. The first-order valence-electron chi connectivity index (χ1n) is 11.3. The van der Waals surface area contributed by atoms with Crippen LogP contribution in [0.4, 0.5) is 5.82 Å². The molecule has 1 amide bonds. The number of nitrogens with zero attached hydrogens (tertiary/aromatic N) is 5. The van der Waals surface area contributed by atoms with Crippen molar-refractivity contribution in [1.82, 2.24) is 25.3 Å². The molecule has 8 nitrogen and oxygen atoms in total. The molecule has 0 bridgehead atoms. The van der Waals surface area contributed by atoms with Gasteiger partial charge in [-0.25, -0.2) is 0 Å². The molecule has 172 valence electrons. The molecule has 0 aliphatic carbocycles. The Hall–Kier alpha value is -4.20. The summed E-state index contributed by atoms with van der Waals surface area (Å²) < 4.78 is 5.28. The van der Waals surface area contributed by atoms with Gasteiger partial charge in [0.05, 0.1) is 18.5 Å². The molecule has 1 saturated heterocycles. The molecule has 5 rings (SSSR count). The van der Waals surface area contributed by atoms with E-state index in [1.165, 1.54) is 5.56 Å². The van der Waals surface area contributed by atoms with E-state index < -0.39 is 0 Å². The molecule has 3 heterocycles. The van der Waals surface area contributed by atoms with Crippen LogP contribution >= 0.6 is 0 Å². The molecule has 2 aromatic carbocycles. The predicted molar refractivity (Wildman–Crippen MR) is 131 cm³/mol. The maximum atomic E-state index is 13.0. The molecule has 0 spiro atoms. The summed E-state index contributed by atoms with van der Waals surface area (Å²) in [5.41, 5.74) is 5.21. The number of carbonyl (C=O) groups is 1. The number of benzene rings is 2. The topological polar surface area (TPSA) is 87.2 Å². The minimum atomic E-state index is -0.0534. The van der Waals surface area contributed by atoms with Gasteiger partial charge in [0.1, 0.15) is 11.4 Å². The molecule has 8 heteroatoms. The lowest BCUT2D eigenvalue weighted by Gasteiger charge is -2.34. The summed E-state index contributed by atoms with van der Waals surface area (Å²) >= 11 is 0. The van der Waals surface area contributed by atoms with E-state index >= 15 is 0 Å². The van der Waals surface area contributed by atoms with Crippen LogP contribution in [0.5, 0.6) is 5.75 Å². The van der Waals surface area contributed by atoms with E-state index in [4.69, 9.17) is 4.74 Å². The lowest BCUT2D eigenvalue weighted by atomic mass is 10.1. The minimum absolute atomic E-state index is 0.0534. The summed E-state index contributed by atoms with van der Waals surface area (Å²) in [5.74, 6) is 1.52. The number of rotatable bonds is 5. The molecule has 0 saturated carbocycles. The number of ether oxygens (including phenoxy) is 1. The summed E-state index contributed by atoms with van der Waals surface area (Å²) in [5, 5.41) is 16.1. The van der Waals surface area contributed by atoms with E-state index in [2.05, 4.69) is 44.4 Å². The van der Waals surface area contributed by atoms with Crippen molar-refractivity contribution in [3.63, 3.8) is 0 Å². The molecule has 1 aliphatic rings.